The molecular formula is C18H14F2N2O3. The van der Waals surface area contributed by atoms with Gasteiger partial charge in [0.1, 0.15) is 11.4 Å². The fourth-order valence-electron chi connectivity index (χ4n) is 2.25. The van der Waals surface area contributed by atoms with Gasteiger partial charge in [0, 0.05) is 23.7 Å². The van der Waals surface area contributed by atoms with Crippen LogP contribution < -0.4 is 10.1 Å². The number of nitrogens with zero attached hydrogens (tertiary/aromatic N) is 1. The minimum atomic E-state index is -2.93. The Labute approximate surface area is 142 Å². The zero-order chi connectivity index (χ0) is 17.6. The van der Waals surface area contributed by atoms with E-state index in [9.17, 15) is 13.6 Å². The summed E-state index contributed by atoms with van der Waals surface area (Å²) in [4.78, 5) is 12.2. The van der Waals surface area contributed by atoms with Crippen molar-refractivity contribution in [2.45, 2.75) is 13.2 Å². The standard InChI is InChI=1S/C18H14F2N2O3/c19-18(20)24-15-9-5-4-8-13(15)11-21-17(23)16-10-14(22-25-16)12-6-2-1-3-7-12/h1-10,18H,11H2,(H,21,23). The number of halogens is 2. The highest BCUT2D eigenvalue weighted by atomic mass is 19.3. The van der Waals surface area contributed by atoms with Crippen LogP contribution in [0.25, 0.3) is 11.3 Å². The Bertz CT molecular complexity index is 850. The maximum absolute atomic E-state index is 12.4. The Morgan fingerprint density at radius 3 is 2.60 bits per heavy atom. The number of rotatable bonds is 6. The van der Waals surface area contributed by atoms with Crippen molar-refractivity contribution in [3.05, 3.63) is 72.0 Å². The first-order valence-electron chi connectivity index (χ1n) is 7.46. The van der Waals surface area contributed by atoms with E-state index in [0.29, 0.717) is 11.3 Å². The van der Waals surface area contributed by atoms with Crippen molar-refractivity contribution in [1.29, 1.82) is 0 Å². The minimum absolute atomic E-state index is 0.0142. The zero-order valence-corrected chi connectivity index (χ0v) is 13.0. The number of ether oxygens (including phenoxy) is 1. The lowest BCUT2D eigenvalue weighted by atomic mass is 10.1. The summed E-state index contributed by atoms with van der Waals surface area (Å²) in [5.41, 5.74) is 1.78. The molecule has 0 aliphatic rings. The van der Waals surface area contributed by atoms with Crippen LogP contribution >= 0.6 is 0 Å². The van der Waals surface area contributed by atoms with Gasteiger partial charge >= 0.3 is 6.61 Å². The molecule has 0 spiro atoms. The van der Waals surface area contributed by atoms with Crippen LogP contribution in [0.1, 0.15) is 16.1 Å². The molecule has 0 fully saturated rings. The molecule has 0 radical (unpaired) electrons. The number of alkyl halides is 2. The van der Waals surface area contributed by atoms with E-state index >= 15 is 0 Å². The third-order valence-corrected chi connectivity index (χ3v) is 3.43. The molecule has 3 rings (SSSR count). The van der Waals surface area contributed by atoms with Crippen LogP contribution in [0.5, 0.6) is 5.75 Å². The SMILES string of the molecule is O=C(NCc1ccccc1OC(F)F)c1cc(-c2ccccc2)no1. The van der Waals surface area contributed by atoms with Crippen molar-refractivity contribution in [3.63, 3.8) is 0 Å². The number of benzene rings is 2. The van der Waals surface area contributed by atoms with Gasteiger partial charge in [-0.2, -0.15) is 8.78 Å². The number of amides is 1. The van der Waals surface area contributed by atoms with E-state index in [1.165, 1.54) is 12.1 Å². The third-order valence-electron chi connectivity index (χ3n) is 3.43. The molecule has 0 saturated carbocycles. The van der Waals surface area contributed by atoms with E-state index in [-0.39, 0.29) is 18.1 Å². The van der Waals surface area contributed by atoms with Crippen LogP contribution in [0, 0.1) is 0 Å². The van der Waals surface area contributed by atoms with Gasteiger partial charge in [-0.15, -0.1) is 0 Å². The van der Waals surface area contributed by atoms with Gasteiger partial charge in [0.2, 0.25) is 5.76 Å². The summed E-state index contributed by atoms with van der Waals surface area (Å²) in [6, 6.07) is 17.0. The van der Waals surface area contributed by atoms with Crippen molar-refractivity contribution in [3.8, 4) is 17.0 Å². The second-order valence-electron chi connectivity index (χ2n) is 5.11. The molecule has 0 bridgehead atoms. The first-order valence-corrected chi connectivity index (χ1v) is 7.46. The average Bonchev–Trinajstić information content (AvgIpc) is 3.11. The molecule has 5 nitrogen and oxygen atoms in total. The first-order chi connectivity index (χ1) is 12.1. The Balaban J connectivity index is 1.67. The van der Waals surface area contributed by atoms with Crippen LogP contribution in [-0.4, -0.2) is 17.7 Å². The summed E-state index contributed by atoms with van der Waals surface area (Å²) in [6.07, 6.45) is 0. The summed E-state index contributed by atoms with van der Waals surface area (Å²) in [7, 11) is 0. The molecule has 128 valence electrons. The monoisotopic (exact) mass is 344 g/mol. The number of nitrogens with one attached hydrogen (secondary N) is 1. The Kier molecular flexibility index (Phi) is 5.03. The van der Waals surface area contributed by atoms with E-state index in [2.05, 4.69) is 15.2 Å². The van der Waals surface area contributed by atoms with E-state index in [1.54, 1.807) is 18.2 Å². The van der Waals surface area contributed by atoms with Gasteiger partial charge in [0.25, 0.3) is 5.91 Å². The molecule has 7 heteroatoms. The maximum atomic E-state index is 12.4. The number of carbonyl (C=O) groups excluding carboxylic acids is 1. The first kappa shape index (κ1) is 16.6. The fourth-order valence-corrected chi connectivity index (χ4v) is 2.25. The highest BCUT2D eigenvalue weighted by Crippen LogP contribution is 2.21. The van der Waals surface area contributed by atoms with Crippen LogP contribution in [-0.2, 0) is 6.54 Å². The van der Waals surface area contributed by atoms with Gasteiger partial charge in [0.15, 0.2) is 0 Å². The van der Waals surface area contributed by atoms with E-state index in [0.717, 1.165) is 5.56 Å². The maximum Gasteiger partial charge on any atom is 0.387 e. The van der Waals surface area contributed by atoms with E-state index < -0.39 is 12.5 Å². The lowest BCUT2D eigenvalue weighted by molar-refractivity contribution is -0.0504. The van der Waals surface area contributed by atoms with Gasteiger partial charge in [-0.05, 0) is 6.07 Å². The third kappa shape index (κ3) is 4.20. The van der Waals surface area contributed by atoms with Crippen LogP contribution in [0.4, 0.5) is 8.78 Å². The van der Waals surface area contributed by atoms with Crippen molar-refractivity contribution >= 4 is 5.91 Å². The van der Waals surface area contributed by atoms with E-state index in [4.69, 9.17) is 4.52 Å². The topological polar surface area (TPSA) is 64.4 Å². The molecule has 0 aliphatic heterocycles. The molecule has 1 aromatic heterocycles. The summed E-state index contributed by atoms with van der Waals surface area (Å²) < 4.78 is 34.3. The van der Waals surface area contributed by atoms with Gasteiger partial charge in [0.05, 0.1) is 0 Å². The average molecular weight is 344 g/mol. The molecule has 3 aromatic rings. The predicted octanol–water partition coefficient (Wildman–Crippen LogP) is 3.87. The summed E-state index contributed by atoms with van der Waals surface area (Å²) in [6.45, 7) is -2.91. The molecule has 0 atom stereocenters. The number of para-hydroxylation sites is 1. The predicted molar refractivity (Wildman–Crippen MR) is 86.2 cm³/mol. The zero-order valence-electron chi connectivity index (χ0n) is 13.0. The molecule has 0 aliphatic carbocycles. The van der Waals surface area contributed by atoms with Crippen LogP contribution in [0.3, 0.4) is 0 Å². The second kappa shape index (κ2) is 7.57. The number of hydrogen-bond donors (Lipinski definition) is 1. The normalized spacial score (nSPS) is 10.7. The number of aromatic nitrogens is 1. The van der Waals surface area contributed by atoms with Crippen molar-refractivity contribution in [2.75, 3.05) is 0 Å². The molecule has 1 amide bonds. The van der Waals surface area contributed by atoms with Crippen molar-refractivity contribution in [2.24, 2.45) is 0 Å². The molecule has 25 heavy (non-hydrogen) atoms. The largest absolute Gasteiger partial charge is 0.434 e. The molecule has 0 saturated heterocycles. The second-order valence-corrected chi connectivity index (χ2v) is 5.11. The smallest absolute Gasteiger partial charge is 0.387 e. The summed E-state index contributed by atoms with van der Waals surface area (Å²) >= 11 is 0. The van der Waals surface area contributed by atoms with Crippen molar-refractivity contribution < 1.29 is 22.8 Å². The minimum Gasteiger partial charge on any atom is -0.434 e. The van der Waals surface area contributed by atoms with Crippen molar-refractivity contribution in [1.82, 2.24) is 10.5 Å². The Morgan fingerprint density at radius 2 is 1.84 bits per heavy atom. The molecular weight excluding hydrogens is 330 g/mol. The number of hydrogen-bond acceptors (Lipinski definition) is 4. The molecule has 1 heterocycles. The summed E-state index contributed by atoms with van der Waals surface area (Å²) in [5, 5.41) is 6.46. The lowest BCUT2D eigenvalue weighted by Gasteiger charge is -2.10. The highest BCUT2D eigenvalue weighted by Gasteiger charge is 2.15. The Hall–Kier alpha value is -3.22. The molecule has 1 N–H and O–H groups in total. The molecule has 2 aromatic carbocycles. The quantitative estimate of drug-likeness (QED) is 0.737. The summed E-state index contributed by atoms with van der Waals surface area (Å²) in [5.74, 6) is -0.451. The highest BCUT2D eigenvalue weighted by molar-refractivity contribution is 5.92. The van der Waals surface area contributed by atoms with E-state index in [1.807, 2.05) is 30.3 Å². The van der Waals surface area contributed by atoms with Gasteiger partial charge in [-0.25, -0.2) is 0 Å². The van der Waals surface area contributed by atoms with Crippen LogP contribution in [0.2, 0.25) is 0 Å². The lowest BCUT2D eigenvalue weighted by Crippen LogP contribution is -2.22. The van der Waals surface area contributed by atoms with Gasteiger partial charge in [-0.1, -0.05) is 53.7 Å². The Morgan fingerprint density at radius 1 is 1.12 bits per heavy atom. The van der Waals surface area contributed by atoms with Crippen LogP contribution in [0.15, 0.2) is 65.2 Å². The fraction of sp³-hybridized carbons (Fsp3) is 0.111. The number of carbonyl (C=O) groups is 1. The van der Waals surface area contributed by atoms with Gasteiger partial charge in [-0.3, -0.25) is 4.79 Å². The molecule has 0 unspecified atom stereocenters. The van der Waals surface area contributed by atoms with Gasteiger partial charge < -0.3 is 14.6 Å².